The molecule has 0 spiro atoms. The number of Topliss-reactive ketones (excluding diaryl/α,β-unsaturated/α-hetero) is 1. The summed E-state index contributed by atoms with van der Waals surface area (Å²) in [5, 5.41) is 9.82. The second-order valence-corrected chi connectivity index (χ2v) is 3.74. The van der Waals surface area contributed by atoms with Crippen molar-refractivity contribution < 1.29 is 24.3 Å². The Bertz CT molecular complexity index is 504. The van der Waals surface area contributed by atoms with Crippen molar-refractivity contribution in [1.29, 1.82) is 0 Å². The largest absolute Gasteiger partial charge is 0.449 e. The first-order valence-electron chi connectivity index (χ1n) is 5.21. The lowest BCUT2D eigenvalue weighted by molar-refractivity contribution is 0.0950. The number of amides is 1. The van der Waals surface area contributed by atoms with Crippen molar-refractivity contribution >= 4 is 18.2 Å². The third kappa shape index (κ3) is 2.50. The highest BCUT2D eigenvalue weighted by Gasteiger charge is 2.22. The fraction of sp³-hybridized carbons (Fsp3) is 0.364. The lowest BCUT2D eigenvalue weighted by Gasteiger charge is -2.05. The number of primary amides is 1. The van der Waals surface area contributed by atoms with Crippen LogP contribution in [-0.2, 0) is 11.2 Å². The average molecular weight is 254 g/mol. The number of aldehydes is 1. The molecule has 1 aromatic heterocycles. The zero-order chi connectivity index (χ0) is 13.9. The molecule has 7 heteroatoms. The maximum atomic E-state index is 11.3. The van der Waals surface area contributed by atoms with E-state index in [9.17, 15) is 19.6 Å². The minimum atomic E-state index is -0.942. The molecule has 0 aliphatic rings. The van der Waals surface area contributed by atoms with Crippen LogP contribution in [0.25, 0.3) is 0 Å². The Labute approximate surface area is 103 Å². The molecule has 0 radical (unpaired) electrons. The van der Waals surface area contributed by atoms with Gasteiger partial charge in [-0.15, -0.1) is 0 Å². The zero-order valence-corrected chi connectivity index (χ0v) is 10.1. The van der Waals surface area contributed by atoms with E-state index in [1.165, 1.54) is 6.92 Å². The van der Waals surface area contributed by atoms with Gasteiger partial charge in [0.2, 0.25) is 0 Å². The van der Waals surface area contributed by atoms with E-state index in [0.717, 1.165) is 0 Å². The maximum Gasteiger partial charge on any atom is 0.404 e. The molecule has 0 unspecified atom stereocenters. The standard InChI is InChI=1S/C11H14N2O5/c1-6-8(5-14)9(3-4-18-11(12)16)13(17)10(6)7(2)15/h5,17H,3-4H2,1-2H3,(H2,12,16). The molecule has 1 amide bonds. The predicted molar refractivity (Wildman–Crippen MR) is 61.0 cm³/mol. The fourth-order valence-corrected chi connectivity index (χ4v) is 1.81. The molecule has 0 fully saturated rings. The summed E-state index contributed by atoms with van der Waals surface area (Å²) in [6.45, 7) is 2.76. The summed E-state index contributed by atoms with van der Waals surface area (Å²) in [5.41, 5.74) is 5.67. The first-order chi connectivity index (χ1) is 8.40. The third-order valence-corrected chi connectivity index (χ3v) is 2.57. The quantitative estimate of drug-likeness (QED) is 0.456. The van der Waals surface area contributed by atoms with Crippen molar-refractivity contribution in [3.05, 3.63) is 22.5 Å². The zero-order valence-electron chi connectivity index (χ0n) is 10.1. The van der Waals surface area contributed by atoms with Gasteiger partial charge in [-0.1, -0.05) is 0 Å². The minimum absolute atomic E-state index is 0.0474. The van der Waals surface area contributed by atoms with E-state index in [0.29, 0.717) is 16.6 Å². The van der Waals surface area contributed by atoms with Gasteiger partial charge in [0.1, 0.15) is 5.69 Å². The molecular weight excluding hydrogens is 240 g/mol. The topological polar surface area (TPSA) is 112 Å². The van der Waals surface area contributed by atoms with E-state index < -0.39 is 6.09 Å². The first-order valence-corrected chi connectivity index (χ1v) is 5.21. The van der Waals surface area contributed by atoms with E-state index in [2.05, 4.69) is 4.74 Å². The van der Waals surface area contributed by atoms with Crippen molar-refractivity contribution in [2.45, 2.75) is 20.3 Å². The van der Waals surface area contributed by atoms with Crippen LogP contribution in [0.15, 0.2) is 0 Å². The summed E-state index contributed by atoms with van der Waals surface area (Å²) in [5.74, 6) is -0.361. The molecular formula is C11H14N2O5. The Morgan fingerprint density at radius 3 is 2.56 bits per heavy atom. The number of ketones is 1. The second-order valence-electron chi connectivity index (χ2n) is 3.74. The number of hydrogen-bond donors (Lipinski definition) is 2. The molecule has 0 atom stereocenters. The van der Waals surface area contributed by atoms with Crippen LogP contribution in [0.5, 0.6) is 0 Å². The van der Waals surface area contributed by atoms with Crippen molar-refractivity contribution in [1.82, 2.24) is 4.73 Å². The van der Waals surface area contributed by atoms with Crippen molar-refractivity contribution in [2.75, 3.05) is 6.61 Å². The van der Waals surface area contributed by atoms with E-state index >= 15 is 0 Å². The number of rotatable bonds is 5. The van der Waals surface area contributed by atoms with Gasteiger partial charge in [0.05, 0.1) is 12.3 Å². The SMILES string of the molecule is CC(=O)c1c(C)c(C=O)c(CCOC(N)=O)n1O. The highest BCUT2D eigenvalue weighted by atomic mass is 16.5. The van der Waals surface area contributed by atoms with E-state index in [1.54, 1.807) is 6.92 Å². The summed E-state index contributed by atoms with van der Waals surface area (Å²) in [6, 6.07) is 0. The smallest absolute Gasteiger partial charge is 0.404 e. The van der Waals surface area contributed by atoms with Gasteiger partial charge in [-0.05, 0) is 12.5 Å². The molecule has 1 heterocycles. The summed E-state index contributed by atoms with van der Waals surface area (Å²) >= 11 is 0. The molecule has 3 N–H and O–H groups in total. The molecule has 0 aliphatic carbocycles. The first kappa shape index (κ1) is 13.8. The van der Waals surface area contributed by atoms with Gasteiger partial charge in [-0.2, -0.15) is 4.73 Å². The molecule has 7 nitrogen and oxygen atoms in total. The molecule has 0 saturated heterocycles. The van der Waals surface area contributed by atoms with Crippen molar-refractivity contribution in [3.63, 3.8) is 0 Å². The van der Waals surface area contributed by atoms with Crippen LogP contribution in [-0.4, -0.2) is 34.7 Å². The summed E-state index contributed by atoms with van der Waals surface area (Å²) in [7, 11) is 0. The molecule has 1 rings (SSSR count). The molecule has 0 aromatic carbocycles. The summed E-state index contributed by atoms with van der Waals surface area (Å²) in [4.78, 5) is 32.7. The van der Waals surface area contributed by atoms with Crippen LogP contribution < -0.4 is 5.73 Å². The van der Waals surface area contributed by atoms with Crippen molar-refractivity contribution in [3.8, 4) is 0 Å². The lowest BCUT2D eigenvalue weighted by Crippen LogP contribution is -2.16. The maximum absolute atomic E-state index is 11.3. The Morgan fingerprint density at radius 1 is 1.50 bits per heavy atom. The summed E-state index contributed by atoms with van der Waals surface area (Å²) in [6.07, 6.45) is -0.308. The van der Waals surface area contributed by atoms with Crippen molar-refractivity contribution in [2.24, 2.45) is 5.73 Å². The molecule has 0 aliphatic heterocycles. The van der Waals surface area contributed by atoms with Gasteiger partial charge in [0, 0.05) is 18.9 Å². The molecule has 0 bridgehead atoms. The van der Waals surface area contributed by atoms with E-state index in [-0.39, 0.29) is 35.8 Å². The van der Waals surface area contributed by atoms with Gasteiger partial charge in [0.15, 0.2) is 12.1 Å². The lowest BCUT2D eigenvalue weighted by atomic mass is 10.1. The number of hydrogen-bond acceptors (Lipinski definition) is 5. The Kier molecular flexibility index (Phi) is 4.09. The number of nitrogens with zero attached hydrogens (tertiary/aromatic N) is 1. The van der Waals surface area contributed by atoms with Crippen LogP contribution in [0.4, 0.5) is 4.79 Å². The van der Waals surface area contributed by atoms with Crippen LogP contribution in [0.2, 0.25) is 0 Å². The number of carbonyl (C=O) groups is 3. The normalized spacial score (nSPS) is 10.1. The monoisotopic (exact) mass is 254 g/mol. The van der Waals surface area contributed by atoms with Crippen LogP contribution in [0.3, 0.4) is 0 Å². The van der Waals surface area contributed by atoms with Gasteiger partial charge >= 0.3 is 6.09 Å². The molecule has 98 valence electrons. The third-order valence-electron chi connectivity index (χ3n) is 2.57. The number of aromatic nitrogens is 1. The Balaban J connectivity index is 3.10. The second kappa shape index (κ2) is 5.35. The number of nitrogens with two attached hydrogens (primary N) is 1. The predicted octanol–water partition coefficient (Wildman–Crippen LogP) is 0.687. The average Bonchev–Trinajstić information content (AvgIpc) is 2.49. The van der Waals surface area contributed by atoms with E-state index in [1.807, 2.05) is 0 Å². The Hall–Kier alpha value is -2.31. The minimum Gasteiger partial charge on any atom is -0.449 e. The van der Waals surface area contributed by atoms with Crippen LogP contribution in [0.1, 0.15) is 39.0 Å². The Morgan fingerprint density at radius 2 is 2.11 bits per heavy atom. The molecule has 1 aromatic rings. The molecule has 18 heavy (non-hydrogen) atoms. The van der Waals surface area contributed by atoms with Crippen LogP contribution in [0, 0.1) is 6.92 Å². The van der Waals surface area contributed by atoms with Gasteiger partial charge in [-0.25, -0.2) is 4.79 Å². The number of carbonyl (C=O) groups excluding carboxylic acids is 3. The van der Waals surface area contributed by atoms with Crippen LogP contribution >= 0.6 is 0 Å². The van der Waals surface area contributed by atoms with E-state index in [4.69, 9.17) is 5.73 Å². The highest BCUT2D eigenvalue weighted by molar-refractivity contribution is 5.97. The molecule has 0 saturated carbocycles. The number of ether oxygens (including phenoxy) is 1. The summed E-state index contributed by atoms with van der Waals surface area (Å²) < 4.78 is 5.18. The van der Waals surface area contributed by atoms with Gasteiger partial charge in [0.25, 0.3) is 0 Å². The van der Waals surface area contributed by atoms with Gasteiger partial charge < -0.3 is 15.7 Å². The highest BCUT2D eigenvalue weighted by Crippen LogP contribution is 2.20. The fourth-order valence-electron chi connectivity index (χ4n) is 1.81. The van der Waals surface area contributed by atoms with Gasteiger partial charge in [-0.3, -0.25) is 9.59 Å².